The van der Waals surface area contributed by atoms with Gasteiger partial charge in [0.2, 0.25) is 0 Å². The standard InChI is InChI=1S/C11H9FN2O/c1-6-8-4-3-5-9(12)10(8)14-11(13-6)7(2)15/h3-5H,1-2H3. The zero-order chi connectivity index (χ0) is 11.0. The largest absolute Gasteiger partial charge is 0.291 e. The number of ketones is 1. The first-order valence-corrected chi connectivity index (χ1v) is 4.53. The molecule has 0 bridgehead atoms. The number of nitrogens with zero attached hydrogens (tertiary/aromatic N) is 2. The number of aryl methyl sites for hydroxylation is 1. The molecule has 1 aromatic heterocycles. The number of halogens is 1. The molecule has 0 saturated carbocycles. The van der Waals surface area contributed by atoms with Crippen LogP contribution in [0.5, 0.6) is 0 Å². The maximum absolute atomic E-state index is 13.4. The molecule has 0 unspecified atom stereocenters. The van der Waals surface area contributed by atoms with Crippen LogP contribution in [0.25, 0.3) is 10.9 Å². The minimum atomic E-state index is -0.430. The second-order valence-corrected chi connectivity index (χ2v) is 3.32. The van der Waals surface area contributed by atoms with Crippen molar-refractivity contribution in [2.24, 2.45) is 0 Å². The van der Waals surface area contributed by atoms with Crippen molar-refractivity contribution in [2.75, 3.05) is 0 Å². The predicted molar refractivity (Wildman–Crippen MR) is 54.2 cm³/mol. The van der Waals surface area contributed by atoms with E-state index < -0.39 is 5.82 Å². The van der Waals surface area contributed by atoms with Crippen molar-refractivity contribution in [1.82, 2.24) is 9.97 Å². The average Bonchev–Trinajstić information content (AvgIpc) is 2.19. The molecular weight excluding hydrogens is 195 g/mol. The zero-order valence-electron chi connectivity index (χ0n) is 8.41. The third-order valence-corrected chi connectivity index (χ3v) is 2.18. The van der Waals surface area contributed by atoms with E-state index in [1.54, 1.807) is 19.1 Å². The van der Waals surface area contributed by atoms with Crippen molar-refractivity contribution in [3.63, 3.8) is 0 Å². The number of carbonyl (C=O) groups is 1. The summed E-state index contributed by atoms with van der Waals surface area (Å²) in [5.74, 6) is -0.631. The van der Waals surface area contributed by atoms with Crippen LogP contribution in [0.1, 0.15) is 23.2 Å². The van der Waals surface area contributed by atoms with Crippen molar-refractivity contribution >= 4 is 16.7 Å². The molecule has 0 aliphatic rings. The fourth-order valence-electron chi connectivity index (χ4n) is 1.43. The molecular formula is C11H9FN2O. The summed E-state index contributed by atoms with van der Waals surface area (Å²) in [6, 6.07) is 4.65. The van der Waals surface area contributed by atoms with Gasteiger partial charge in [-0.05, 0) is 13.0 Å². The van der Waals surface area contributed by atoms with Gasteiger partial charge >= 0.3 is 0 Å². The predicted octanol–water partition coefficient (Wildman–Crippen LogP) is 2.28. The Bertz CT molecular complexity index is 552. The quantitative estimate of drug-likeness (QED) is 0.669. The van der Waals surface area contributed by atoms with Gasteiger partial charge in [-0.3, -0.25) is 4.79 Å². The summed E-state index contributed by atoms with van der Waals surface area (Å²) in [5, 5.41) is 0.639. The minimum absolute atomic E-state index is 0.0603. The summed E-state index contributed by atoms with van der Waals surface area (Å²) >= 11 is 0. The smallest absolute Gasteiger partial charge is 0.197 e. The molecule has 15 heavy (non-hydrogen) atoms. The van der Waals surface area contributed by atoms with Crippen molar-refractivity contribution in [2.45, 2.75) is 13.8 Å². The molecule has 0 amide bonds. The summed E-state index contributed by atoms with van der Waals surface area (Å²) in [6.45, 7) is 3.09. The van der Waals surface area contributed by atoms with Gasteiger partial charge in [0.15, 0.2) is 11.6 Å². The van der Waals surface area contributed by atoms with E-state index in [1.807, 2.05) is 0 Å². The second-order valence-electron chi connectivity index (χ2n) is 3.32. The Hall–Kier alpha value is -1.84. The molecule has 0 aliphatic heterocycles. The van der Waals surface area contributed by atoms with Crippen LogP contribution in [0, 0.1) is 12.7 Å². The van der Waals surface area contributed by atoms with Gasteiger partial charge in [-0.25, -0.2) is 14.4 Å². The number of hydrogen-bond donors (Lipinski definition) is 0. The van der Waals surface area contributed by atoms with Gasteiger partial charge in [0.05, 0.1) is 0 Å². The van der Waals surface area contributed by atoms with E-state index in [0.717, 1.165) is 0 Å². The van der Waals surface area contributed by atoms with Crippen LogP contribution >= 0.6 is 0 Å². The molecule has 2 rings (SSSR count). The lowest BCUT2D eigenvalue weighted by Crippen LogP contribution is -2.04. The third kappa shape index (κ3) is 1.58. The SMILES string of the molecule is CC(=O)c1nc(C)c2cccc(F)c2n1. The molecule has 1 aromatic carbocycles. The van der Waals surface area contributed by atoms with E-state index in [0.29, 0.717) is 11.1 Å². The number of benzene rings is 1. The number of hydrogen-bond acceptors (Lipinski definition) is 3. The van der Waals surface area contributed by atoms with E-state index in [1.165, 1.54) is 13.0 Å². The zero-order valence-corrected chi connectivity index (χ0v) is 8.41. The van der Waals surface area contributed by atoms with Gasteiger partial charge in [-0.15, -0.1) is 0 Å². The van der Waals surface area contributed by atoms with Crippen molar-refractivity contribution < 1.29 is 9.18 Å². The third-order valence-electron chi connectivity index (χ3n) is 2.18. The van der Waals surface area contributed by atoms with Crippen molar-refractivity contribution in [3.8, 4) is 0 Å². The summed E-state index contributed by atoms with van der Waals surface area (Å²) in [7, 11) is 0. The monoisotopic (exact) mass is 204 g/mol. The molecule has 3 nitrogen and oxygen atoms in total. The van der Waals surface area contributed by atoms with Crippen LogP contribution in [-0.4, -0.2) is 15.8 Å². The number of aromatic nitrogens is 2. The van der Waals surface area contributed by atoms with Crippen molar-refractivity contribution in [3.05, 3.63) is 35.5 Å². The van der Waals surface area contributed by atoms with E-state index in [-0.39, 0.29) is 17.1 Å². The Kier molecular flexibility index (Phi) is 2.19. The lowest BCUT2D eigenvalue weighted by Gasteiger charge is -2.03. The highest BCUT2D eigenvalue weighted by atomic mass is 19.1. The van der Waals surface area contributed by atoms with Gasteiger partial charge in [-0.1, -0.05) is 12.1 Å². The Labute approximate surface area is 86.0 Å². The van der Waals surface area contributed by atoms with Gasteiger partial charge < -0.3 is 0 Å². The van der Waals surface area contributed by atoms with Crippen LogP contribution in [0.3, 0.4) is 0 Å². The topological polar surface area (TPSA) is 42.9 Å². The Morgan fingerprint density at radius 3 is 2.73 bits per heavy atom. The van der Waals surface area contributed by atoms with E-state index in [9.17, 15) is 9.18 Å². The maximum atomic E-state index is 13.4. The Morgan fingerprint density at radius 2 is 2.07 bits per heavy atom. The molecule has 0 radical (unpaired) electrons. The molecule has 0 atom stereocenters. The average molecular weight is 204 g/mol. The van der Waals surface area contributed by atoms with E-state index in [2.05, 4.69) is 9.97 Å². The fraction of sp³-hybridized carbons (Fsp3) is 0.182. The highest BCUT2D eigenvalue weighted by Gasteiger charge is 2.10. The van der Waals surface area contributed by atoms with Crippen molar-refractivity contribution in [1.29, 1.82) is 0 Å². The lowest BCUT2D eigenvalue weighted by atomic mass is 10.2. The number of rotatable bonds is 1. The van der Waals surface area contributed by atoms with Gasteiger partial charge in [0.25, 0.3) is 0 Å². The molecule has 0 fully saturated rings. The number of para-hydroxylation sites is 1. The molecule has 0 N–H and O–H groups in total. The van der Waals surface area contributed by atoms with Crippen LogP contribution in [0.15, 0.2) is 18.2 Å². The van der Waals surface area contributed by atoms with Gasteiger partial charge in [0.1, 0.15) is 11.3 Å². The number of carbonyl (C=O) groups excluding carboxylic acids is 1. The highest BCUT2D eigenvalue weighted by molar-refractivity contribution is 5.93. The van der Waals surface area contributed by atoms with Gasteiger partial charge in [-0.2, -0.15) is 0 Å². The summed E-state index contributed by atoms with van der Waals surface area (Å²) in [6.07, 6.45) is 0. The van der Waals surface area contributed by atoms with Gasteiger partial charge in [0, 0.05) is 18.0 Å². The summed E-state index contributed by atoms with van der Waals surface area (Å²) < 4.78 is 13.4. The molecule has 4 heteroatoms. The Morgan fingerprint density at radius 1 is 1.33 bits per heavy atom. The van der Waals surface area contributed by atoms with E-state index >= 15 is 0 Å². The van der Waals surface area contributed by atoms with Crippen LogP contribution in [-0.2, 0) is 0 Å². The van der Waals surface area contributed by atoms with E-state index in [4.69, 9.17) is 0 Å². The minimum Gasteiger partial charge on any atom is -0.291 e. The van der Waals surface area contributed by atoms with Crippen LogP contribution in [0.2, 0.25) is 0 Å². The highest BCUT2D eigenvalue weighted by Crippen LogP contribution is 2.18. The normalized spacial score (nSPS) is 10.6. The van der Waals surface area contributed by atoms with Crippen LogP contribution in [0.4, 0.5) is 4.39 Å². The van der Waals surface area contributed by atoms with Crippen LogP contribution < -0.4 is 0 Å². The molecule has 0 saturated heterocycles. The second kappa shape index (κ2) is 3.38. The first kappa shape index (κ1) is 9.71. The number of fused-ring (bicyclic) bond motifs is 1. The number of Topliss-reactive ketones (excluding diaryl/α,β-unsaturated/α-hetero) is 1. The first-order valence-electron chi connectivity index (χ1n) is 4.53. The fourth-order valence-corrected chi connectivity index (χ4v) is 1.43. The molecule has 1 heterocycles. The molecule has 0 spiro atoms. The maximum Gasteiger partial charge on any atom is 0.197 e. The summed E-state index contributed by atoms with van der Waals surface area (Å²) in [5.41, 5.74) is 0.819. The first-order chi connectivity index (χ1) is 7.09. The molecule has 2 aromatic rings. The lowest BCUT2D eigenvalue weighted by molar-refractivity contribution is 0.100. The Balaban J connectivity index is 2.85. The molecule has 76 valence electrons. The molecule has 0 aliphatic carbocycles. The summed E-state index contributed by atoms with van der Waals surface area (Å²) in [4.78, 5) is 19.0.